The second kappa shape index (κ2) is 6.35. The Morgan fingerprint density at radius 1 is 1.19 bits per heavy atom. The number of hydrogen-bond acceptors (Lipinski definition) is 4. The van der Waals surface area contributed by atoms with Crippen LogP contribution in [0.15, 0.2) is 54.7 Å². The van der Waals surface area contributed by atoms with Crippen LogP contribution in [0.3, 0.4) is 0 Å². The third-order valence-electron chi connectivity index (χ3n) is 4.82. The second-order valence-electron chi connectivity index (χ2n) is 6.84. The summed E-state index contributed by atoms with van der Waals surface area (Å²) in [5, 5.41) is 16.1. The molecule has 0 saturated heterocycles. The summed E-state index contributed by atoms with van der Waals surface area (Å²) in [4.78, 5) is 15.7. The number of fused-ring (bicyclic) bond motifs is 1. The van der Waals surface area contributed by atoms with Gasteiger partial charge in [-0.05, 0) is 47.0 Å². The Labute approximate surface area is 155 Å². The lowest BCUT2D eigenvalue weighted by atomic mass is 10.1. The first-order valence-electron chi connectivity index (χ1n) is 9.01. The maximum atomic E-state index is 12.5. The van der Waals surface area contributed by atoms with Gasteiger partial charge in [-0.2, -0.15) is 0 Å². The molecule has 1 aliphatic rings. The number of carbonyl (C=O) groups excluding carboxylic acids is 1. The Bertz CT molecular complexity index is 1120. The molecule has 1 fully saturated rings. The summed E-state index contributed by atoms with van der Waals surface area (Å²) in [6.07, 6.45) is 4.43. The lowest BCUT2D eigenvalue weighted by Gasteiger charge is -2.07. The highest BCUT2D eigenvalue weighted by atomic mass is 16.1. The first-order valence-corrected chi connectivity index (χ1v) is 9.01. The summed E-state index contributed by atoms with van der Waals surface area (Å²) in [7, 11) is 0. The number of nitrogens with zero attached hydrogens (tertiary/aromatic N) is 4. The third-order valence-corrected chi connectivity index (χ3v) is 4.82. The molecule has 2 N–H and O–H groups in total. The fourth-order valence-corrected chi connectivity index (χ4v) is 3.34. The summed E-state index contributed by atoms with van der Waals surface area (Å²) in [6, 6.07) is 16.0. The highest BCUT2D eigenvalue weighted by Gasteiger charge is 2.28. The average Bonchev–Trinajstić information content (AvgIpc) is 3.27. The van der Waals surface area contributed by atoms with Crippen LogP contribution in [-0.4, -0.2) is 31.1 Å². The molecule has 27 heavy (non-hydrogen) atoms. The van der Waals surface area contributed by atoms with Crippen molar-refractivity contribution < 1.29 is 4.79 Å². The van der Waals surface area contributed by atoms with Crippen molar-refractivity contribution in [2.75, 3.05) is 5.32 Å². The molecule has 0 spiro atoms. The van der Waals surface area contributed by atoms with E-state index in [1.165, 1.54) is 0 Å². The number of H-pyrrole nitrogens is 1. The van der Waals surface area contributed by atoms with Crippen LogP contribution in [-0.2, 0) is 11.2 Å². The molecular weight excluding hydrogens is 340 g/mol. The molecule has 2 aromatic carbocycles. The van der Waals surface area contributed by atoms with Gasteiger partial charge in [0.15, 0.2) is 5.82 Å². The Morgan fingerprint density at radius 2 is 2.07 bits per heavy atom. The van der Waals surface area contributed by atoms with E-state index in [1.807, 2.05) is 59.4 Å². The van der Waals surface area contributed by atoms with Crippen molar-refractivity contribution in [2.24, 2.45) is 0 Å². The standard InChI is InChI=1S/C20H18N6O/c27-19(11-14-12-21-18-7-2-1-6-17(14)18)22-15-5-3-4-13(10-15)20-23-24-25-26(20)16-8-9-16/h1-7,10,12,16,21H,8-9,11H2,(H,22,27). The largest absolute Gasteiger partial charge is 0.361 e. The molecular formula is C20H18N6O. The number of tetrazole rings is 1. The van der Waals surface area contributed by atoms with Crippen molar-refractivity contribution in [3.05, 3.63) is 60.3 Å². The summed E-state index contributed by atoms with van der Waals surface area (Å²) in [6.45, 7) is 0. The van der Waals surface area contributed by atoms with E-state index in [1.54, 1.807) is 0 Å². The molecule has 7 heteroatoms. The molecule has 7 nitrogen and oxygen atoms in total. The first-order chi connectivity index (χ1) is 13.3. The number of rotatable bonds is 5. The fourth-order valence-electron chi connectivity index (χ4n) is 3.34. The maximum absolute atomic E-state index is 12.5. The molecule has 4 aromatic rings. The SMILES string of the molecule is O=C(Cc1c[nH]c2ccccc12)Nc1cccc(-c2nnnn2C2CC2)c1. The quantitative estimate of drug-likeness (QED) is 0.573. The summed E-state index contributed by atoms with van der Waals surface area (Å²) in [5.74, 6) is 0.684. The van der Waals surface area contributed by atoms with E-state index in [4.69, 9.17) is 0 Å². The normalized spacial score (nSPS) is 13.8. The number of aromatic nitrogens is 5. The smallest absolute Gasteiger partial charge is 0.228 e. The van der Waals surface area contributed by atoms with Crippen molar-refractivity contribution in [3.8, 4) is 11.4 Å². The molecule has 5 rings (SSSR count). The highest BCUT2D eigenvalue weighted by molar-refractivity contribution is 5.96. The van der Waals surface area contributed by atoms with Gasteiger partial charge in [0.1, 0.15) is 0 Å². The molecule has 0 unspecified atom stereocenters. The van der Waals surface area contributed by atoms with E-state index in [0.717, 1.165) is 46.4 Å². The van der Waals surface area contributed by atoms with Crippen molar-refractivity contribution in [3.63, 3.8) is 0 Å². The van der Waals surface area contributed by atoms with Crippen molar-refractivity contribution >= 4 is 22.5 Å². The topological polar surface area (TPSA) is 88.5 Å². The van der Waals surface area contributed by atoms with Crippen LogP contribution in [0.25, 0.3) is 22.3 Å². The number of benzene rings is 2. The van der Waals surface area contributed by atoms with Gasteiger partial charge in [-0.3, -0.25) is 4.79 Å². The summed E-state index contributed by atoms with van der Waals surface area (Å²) < 4.78 is 1.87. The molecule has 0 aliphatic heterocycles. The van der Waals surface area contributed by atoms with E-state index in [9.17, 15) is 4.79 Å². The first kappa shape index (κ1) is 15.7. The molecule has 1 aliphatic carbocycles. The molecule has 1 saturated carbocycles. The van der Waals surface area contributed by atoms with E-state index >= 15 is 0 Å². The maximum Gasteiger partial charge on any atom is 0.228 e. The van der Waals surface area contributed by atoms with Gasteiger partial charge in [-0.25, -0.2) is 4.68 Å². The Kier molecular flexibility index (Phi) is 3.71. The number of amides is 1. The van der Waals surface area contributed by atoms with Crippen LogP contribution in [0.5, 0.6) is 0 Å². The minimum absolute atomic E-state index is 0.0568. The third kappa shape index (κ3) is 3.08. The van der Waals surface area contributed by atoms with Crippen molar-refractivity contribution in [1.29, 1.82) is 0 Å². The number of carbonyl (C=O) groups is 1. The Balaban J connectivity index is 1.35. The predicted molar refractivity (Wildman–Crippen MR) is 102 cm³/mol. The van der Waals surface area contributed by atoms with Gasteiger partial charge in [0.2, 0.25) is 5.91 Å². The van der Waals surface area contributed by atoms with E-state index in [0.29, 0.717) is 12.5 Å². The van der Waals surface area contributed by atoms with Crippen LogP contribution in [0.2, 0.25) is 0 Å². The average molecular weight is 358 g/mol. The van der Waals surface area contributed by atoms with Crippen molar-refractivity contribution in [2.45, 2.75) is 25.3 Å². The molecule has 2 aromatic heterocycles. The van der Waals surface area contributed by atoms with Gasteiger partial charge in [-0.1, -0.05) is 30.3 Å². The monoisotopic (exact) mass is 358 g/mol. The van der Waals surface area contributed by atoms with Gasteiger partial charge < -0.3 is 10.3 Å². The molecule has 0 bridgehead atoms. The van der Waals surface area contributed by atoms with E-state index in [-0.39, 0.29) is 5.91 Å². The van der Waals surface area contributed by atoms with Crippen molar-refractivity contribution in [1.82, 2.24) is 25.2 Å². The number of hydrogen-bond donors (Lipinski definition) is 2. The van der Waals surface area contributed by atoms with E-state index < -0.39 is 0 Å². The van der Waals surface area contributed by atoms with Crippen LogP contribution in [0.4, 0.5) is 5.69 Å². The lowest BCUT2D eigenvalue weighted by molar-refractivity contribution is -0.115. The molecule has 1 amide bonds. The minimum atomic E-state index is -0.0568. The van der Waals surface area contributed by atoms with Crippen LogP contribution >= 0.6 is 0 Å². The molecule has 134 valence electrons. The van der Waals surface area contributed by atoms with Gasteiger partial charge in [0, 0.05) is 28.4 Å². The number of para-hydroxylation sites is 1. The van der Waals surface area contributed by atoms with Gasteiger partial charge >= 0.3 is 0 Å². The zero-order valence-corrected chi connectivity index (χ0v) is 14.6. The summed E-state index contributed by atoms with van der Waals surface area (Å²) >= 11 is 0. The van der Waals surface area contributed by atoms with E-state index in [2.05, 4.69) is 25.8 Å². The number of anilines is 1. The predicted octanol–water partition coefficient (Wildman–Crippen LogP) is 3.34. The zero-order valence-electron chi connectivity index (χ0n) is 14.6. The van der Waals surface area contributed by atoms with Gasteiger partial charge in [-0.15, -0.1) is 5.10 Å². The minimum Gasteiger partial charge on any atom is -0.361 e. The molecule has 0 atom stereocenters. The van der Waals surface area contributed by atoms with Crippen LogP contribution in [0, 0.1) is 0 Å². The summed E-state index contributed by atoms with van der Waals surface area (Å²) in [5.41, 5.74) is 3.66. The highest BCUT2D eigenvalue weighted by Crippen LogP contribution is 2.36. The van der Waals surface area contributed by atoms with Crippen LogP contribution in [0.1, 0.15) is 24.4 Å². The van der Waals surface area contributed by atoms with Gasteiger partial charge in [0.05, 0.1) is 12.5 Å². The zero-order chi connectivity index (χ0) is 18.2. The molecule has 0 radical (unpaired) electrons. The number of aromatic amines is 1. The van der Waals surface area contributed by atoms with Gasteiger partial charge in [0.25, 0.3) is 0 Å². The number of nitrogens with one attached hydrogen (secondary N) is 2. The lowest BCUT2D eigenvalue weighted by Crippen LogP contribution is -2.14. The second-order valence-corrected chi connectivity index (χ2v) is 6.84. The Morgan fingerprint density at radius 3 is 2.96 bits per heavy atom. The fraction of sp³-hybridized carbons (Fsp3) is 0.200. The Hall–Kier alpha value is -3.48. The molecule has 2 heterocycles. The van der Waals surface area contributed by atoms with Crippen LogP contribution < -0.4 is 5.32 Å².